The summed E-state index contributed by atoms with van der Waals surface area (Å²) >= 11 is 0. The lowest BCUT2D eigenvalue weighted by Crippen LogP contribution is -2.30. The Bertz CT molecular complexity index is 2440. The van der Waals surface area contributed by atoms with Crippen molar-refractivity contribution in [2.75, 3.05) is 39.6 Å². The molecule has 0 aliphatic rings. The number of esters is 4. The average molecular weight is 1500 g/mol. The van der Waals surface area contributed by atoms with Crippen LogP contribution in [0.4, 0.5) is 0 Å². The van der Waals surface area contributed by atoms with Gasteiger partial charge in [-0.3, -0.25) is 37.3 Å². The molecule has 0 aromatic rings. The maximum atomic E-state index is 13.1. The molecule has 0 bridgehead atoms. The molecule has 19 heteroatoms. The molecule has 0 aliphatic carbocycles. The zero-order valence-electron chi connectivity index (χ0n) is 65.4. The standard InChI is InChI=1S/C85H146O17P2/c1-5-9-13-17-21-25-29-33-37-39-43-46-50-54-58-62-66-70-83(88)96-76-80(101-84(89)71-67-63-59-55-51-47-42-36-32-28-24-20-16-12-8-4)77-99-103(91,92)97-73-79(86)74-98-104(93,94)100-78-81(75-95-82(87)69-65-61-57-53-49-45-41-35-31-27-23-19-15-11-7-3)102-85(90)72-68-64-60-56-52-48-44-40-38-34-30-26-22-18-14-10-6-2/h21-22,25-26,33-38,41-44,46,48,54,56,58,60,79-81,86H,5-20,23-24,27-32,39-40,45,47,49-53,55,57,59,61-78H2,1-4H3,(H,91,92)(H,93,94)/b25-21-,26-22-,37-33-,38-34-,41-35-,42-36-,46-43-,48-44-,58-54-,60-56-/t79-,80+,81+/m0/s1. The number of carbonyl (C=O) groups excluding carboxylic acids is 4. The number of aliphatic hydroxyl groups is 1. The first-order valence-electron chi connectivity index (χ1n) is 40.8. The van der Waals surface area contributed by atoms with Gasteiger partial charge in [-0.15, -0.1) is 0 Å². The Balaban J connectivity index is 5.47. The van der Waals surface area contributed by atoms with Crippen molar-refractivity contribution in [3.63, 3.8) is 0 Å². The summed E-state index contributed by atoms with van der Waals surface area (Å²) in [6.07, 6.45) is 84.7. The first kappa shape index (κ1) is 99.5. The lowest BCUT2D eigenvalue weighted by atomic mass is 10.1. The second-order valence-electron chi connectivity index (χ2n) is 27.0. The van der Waals surface area contributed by atoms with Crippen LogP contribution in [-0.4, -0.2) is 96.7 Å². The molecule has 0 aromatic heterocycles. The van der Waals surface area contributed by atoms with Crippen molar-refractivity contribution < 1.29 is 80.2 Å². The summed E-state index contributed by atoms with van der Waals surface area (Å²) in [5.41, 5.74) is 0. The van der Waals surface area contributed by atoms with Crippen LogP contribution >= 0.6 is 15.6 Å². The number of phosphoric ester groups is 2. The van der Waals surface area contributed by atoms with Gasteiger partial charge < -0.3 is 33.8 Å². The summed E-state index contributed by atoms with van der Waals surface area (Å²) in [5.74, 6) is -2.32. The van der Waals surface area contributed by atoms with E-state index >= 15 is 0 Å². The normalized spacial score (nSPS) is 14.5. The highest BCUT2D eigenvalue weighted by atomic mass is 31.2. The minimum absolute atomic E-state index is 0.0149. The van der Waals surface area contributed by atoms with E-state index < -0.39 is 97.5 Å². The SMILES string of the molecule is CCCCC/C=C\C/C=C\C/C=C\C/C=C\CCCC(=O)OC[C@H](COP(=O)(O)OC[C@H](O)COP(=O)(O)OC[C@@H](COC(=O)CCCCCCC/C=C\CCCCCCCC)OC(=O)CCC/C=C\C/C=C\C/C=C\C/C=C\CCCCC)OC(=O)CCCCCCC/C=C\CCCCCCCC. The van der Waals surface area contributed by atoms with Gasteiger partial charge in [0.2, 0.25) is 0 Å². The van der Waals surface area contributed by atoms with E-state index in [0.29, 0.717) is 38.5 Å². The Hall–Kier alpha value is -4.54. The van der Waals surface area contributed by atoms with Gasteiger partial charge in [-0.1, -0.05) is 278 Å². The summed E-state index contributed by atoms with van der Waals surface area (Å²) < 4.78 is 68.5. The molecule has 598 valence electrons. The van der Waals surface area contributed by atoms with E-state index in [0.717, 1.165) is 128 Å². The number of hydrogen-bond donors (Lipinski definition) is 3. The van der Waals surface area contributed by atoms with Gasteiger partial charge in [0.25, 0.3) is 0 Å². The smallest absolute Gasteiger partial charge is 0.462 e. The van der Waals surface area contributed by atoms with Gasteiger partial charge in [-0.05, 0) is 154 Å². The molecule has 0 aromatic carbocycles. The summed E-state index contributed by atoms with van der Waals surface area (Å²) in [7, 11) is -10.00. The van der Waals surface area contributed by atoms with Crippen LogP contribution in [0.1, 0.15) is 336 Å². The molecule has 104 heavy (non-hydrogen) atoms. The Kier molecular flexibility index (Phi) is 73.3. The van der Waals surface area contributed by atoms with Crippen LogP contribution in [0.2, 0.25) is 0 Å². The number of rotatable bonds is 76. The van der Waals surface area contributed by atoms with Crippen LogP contribution in [0.3, 0.4) is 0 Å². The lowest BCUT2D eigenvalue weighted by molar-refractivity contribution is -0.161. The Morgan fingerprint density at radius 1 is 0.269 bits per heavy atom. The Morgan fingerprint density at radius 2 is 0.481 bits per heavy atom. The van der Waals surface area contributed by atoms with Crippen molar-refractivity contribution in [1.82, 2.24) is 0 Å². The second kappa shape index (κ2) is 76.6. The van der Waals surface area contributed by atoms with Crippen molar-refractivity contribution in [1.29, 1.82) is 0 Å². The third-order valence-corrected chi connectivity index (χ3v) is 18.8. The van der Waals surface area contributed by atoms with Crippen molar-refractivity contribution in [2.45, 2.75) is 354 Å². The molecular weight excluding hydrogens is 1350 g/mol. The lowest BCUT2D eigenvalue weighted by Gasteiger charge is -2.21. The van der Waals surface area contributed by atoms with E-state index in [1.807, 2.05) is 24.3 Å². The summed E-state index contributed by atoms with van der Waals surface area (Å²) in [6, 6.07) is 0. The molecule has 0 saturated carbocycles. The van der Waals surface area contributed by atoms with Crippen LogP contribution in [0.15, 0.2) is 122 Å². The van der Waals surface area contributed by atoms with E-state index in [-0.39, 0.29) is 25.7 Å². The molecule has 0 radical (unpaired) electrons. The highest BCUT2D eigenvalue weighted by Gasteiger charge is 2.30. The maximum absolute atomic E-state index is 13.1. The third-order valence-electron chi connectivity index (χ3n) is 16.9. The third kappa shape index (κ3) is 75.7. The molecule has 0 amide bonds. The quantitative estimate of drug-likeness (QED) is 0.0169. The van der Waals surface area contributed by atoms with Crippen molar-refractivity contribution in [3.8, 4) is 0 Å². The van der Waals surface area contributed by atoms with E-state index in [2.05, 4.69) is 125 Å². The second-order valence-corrected chi connectivity index (χ2v) is 29.9. The zero-order chi connectivity index (χ0) is 76.0. The van der Waals surface area contributed by atoms with Gasteiger partial charge in [0.15, 0.2) is 12.2 Å². The van der Waals surface area contributed by atoms with E-state index in [9.17, 15) is 43.2 Å². The number of hydrogen-bond acceptors (Lipinski definition) is 15. The molecular formula is C85H146O17P2. The van der Waals surface area contributed by atoms with Gasteiger partial charge in [-0.2, -0.15) is 0 Å². The minimum Gasteiger partial charge on any atom is -0.462 e. The van der Waals surface area contributed by atoms with Crippen LogP contribution in [-0.2, 0) is 65.4 Å². The number of ether oxygens (including phenoxy) is 4. The number of allylic oxidation sites excluding steroid dienone is 20. The predicted octanol–water partition coefficient (Wildman–Crippen LogP) is 23.9. The molecule has 0 rings (SSSR count). The molecule has 17 nitrogen and oxygen atoms in total. The van der Waals surface area contributed by atoms with Gasteiger partial charge in [0, 0.05) is 25.7 Å². The fraction of sp³-hybridized carbons (Fsp3) is 0.718. The number of phosphoric acid groups is 2. The van der Waals surface area contributed by atoms with Crippen molar-refractivity contribution >= 4 is 39.5 Å². The Labute approximate surface area is 632 Å². The summed E-state index contributed by atoms with van der Waals surface area (Å²) in [4.78, 5) is 73.0. The topological polar surface area (TPSA) is 237 Å². The predicted molar refractivity (Wildman–Crippen MR) is 427 cm³/mol. The number of unbranched alkanes of at least 4 members (excludes halogenated alkanes) is 30. The number of aliphatic hydroxyl groups excluding tert-OH is 1. The van der Waals surface area contributed by atoms with E-state index in [1.54, 1.807) is 0 Å². The largest absolute Gasteiger partial charge is 0.472 e. The van der Waals surface area contributed by atoms with E-state index in [1.165, 1.54) is 116 Å². The van der Waals surface area contributed by atoms with Crippen molar-refractivity contribution in [2.24, 2.45) is 0 Å². The summed E-state index contributed by atoms with van der Waals surface area (Å²) in [6.45, 7) is 4.69. The molecule has 0 heterocycles. The molecule has 0 aliphatic heterocycles. The number of carbonyl (C=O) groups is 4. The van der Waals surface area contributed by atoms with Crippen LogP contribution in [0.25, 0.3) is 0 Å². The maximum Gasteiger partial charge on any atom is 0.472 e. The first-order valence-corrected chi connectivity index (χ1v) is 43.8. The highest BCUT2D eigenvalue weighted by Crippen LogP contribution is 2.45. The van der Waals surface area contributed by atoms with Crippen LogP contribution in [0.5, 0.6) is 0 Å². The summed E-state index contributed by atoms with van der Waals surface area (Å²) in [5, 5.41) is 10.6. The van der Waals surface area contributed by atoms with E-state index in [4.69, 9.17) is 37.0 Å². The molecule has 0 fully saturated rings. The van der Waals surface area contributed by atoms with Gasteiger partial charge in [0.05, 0.1) is 26.4 Å². The fourth-order valence-electron chi connectivity index (χ4n) is 10.6. The van der Waals surface area contributed by atoms with Gasteiger partial charge in [0.1, 0.15) is 19.3 Å². The van der Waals surface area contributed by atoms with Crippen LogP contribution < -0.4 is 0 Å². The molecule has 0 spiro atoms. The van der Waals surface area contributed by atoms with Crippen LogP contribution in [0, 0.1) is 0 Å². The molecule has 0 saturated heterocycles. The zero-order valence-corrected chi connectivity index (χ0v) is 67.2. The van der Waals surface area contributed by atoms with Crippen molar-refractivity contribution in [3.05, 3.63) is 122 Å². The minimum atomic E-state index is -5.00. The average Bonchev–Trinajstić information content (AvgIpc) is 0.909. The molecule has 5 atom stereocenters. The van der Waals surface area contributed by atoms with Gasteiger partial charge >= 0.3 is 39.5 Å². The monoisotopic (exact) mass is 1500 g/mol. The molecule has 3 N–H and O–H groups in total. The highest BCUT2D eigenvalue weighted by molar-refractivity contribution is 7.47. The van der Waals surface area contributed by atoms with Gasteiger partial charge in [-0.25, -0.2) is 9.13 Å². The first-order chi connectivity index (χ1) is 50.7. The Morgan fingerprint density at radius 3 is 0.798 bits per heavy atom. The fourth-order valence-corrected chi connectivity index (χ4v) is 12.2. The molecule has 2 unspecified atom stereocenters.